The molecule has 0 aliphatic carbocycles. The molecule has 0 aromatic heterocycles. The molecule has 1 aliphatic heterocycles. The number of amides is 1. The highest BCUT2D eigenvalue weighted by molar-refractivity contribution is 9.10. The molecule has 1 N–H and O–H groups in total. The summed E-state index contributed by atoms with van der Waals surface area (Å²) in [6.07, 6.45) is 1.30. The number of carbonyl (C=O) groups excluding carboxylic acids is 1. The van der Waals surface area contributed by atoms with Crippen molar-refractivity contribution in [1.29, 1.82) is 0 Å². The minimum absolute atomic E-state index is 0.0309. The molecule has 1 aliphatic rings. The summed E-state index contributed by atoms with van der Waals surface area (Å²) >= 11 is 9.46. The first-order chi connectivity index (χ1) is 14.8. The summed E-state index contributed by atoms with van der Waals surface area (Å²) in [7, 11) is -3.82. The monoisotopic (exact) mass is 522 g/mol. The zero-order valence-corrected chi connectivity index (χ0v) is 19.3. The Balaban J connectivity index is 1.62. The normalized spacial score (nSPS) is 13.6. The quantitative estimate of drug-likeness (QED) is 0.482. The molecule has 1 amide bonds. The maximum absolute atomic E-state index is 13.2. The van der Waals surface area contributed by atoms with Crippen LogP contribution in [-0.4, -0.2) is 20.9 Å². The predicted molar refractivity (Wildman–Crippen MR) is 123 cm³/mol. The summed E-state index contributed by atoms with van der Waals surface area (Å²) in [4.78, 5) is 12.7. The lowest BCUT2D eigenvalue weighted by Gasteiger charge is -2.31. The van der Waals surface area contributed by atoms with Gasteiger partial charge in [-0.05, 0) is 79.1 Å². The lowest BCUT2D eigenvalue weighted by molar-refractivity contribution is 0.102. The van der Waals surface area contributed by atoms with Crippen LogP contribution in [0.2, 0.25) is 5.02 Å². The molecule has 31 heavy (non-hydrogen) atoms. The number of rotatable bonds is 4. The van der Waals surface area contributed by atoms with Gasteiger partial charge in [-0.3, -0.25) is 9.10 Å². The van der Waals surface area contributed by atoms with Crippen molar-refractivity contribution in [3.8, 4) is 0 Å². The van der Waals surface area contributed by atoms with Gasteiger partial charge in [-0.1, -0.05) is 27.5 Å². The van der Waals surface area contributed by atoms with E-state index in [-0.39, 0.29) is 10.8 Å². The van der Waals surface area contributed by atoms with Gasteiger partial charge in [0.1, 0.15) is 5.82 Å². The number of fused-ring (bicyclic) bond motifs is 1. The summed E-state index contributed by atoms with van der Waals surface area (Å²) in [5.41, 5.74) is 2.22. The number of sulfonamides is 1. The highest BCUT2D eigenvalue weighted by atomic mass is 79.9. The summed E-state index contributed by atoms with van der Waals surface area (Å²) in [5.74, 6) is -0.859. The minimum Gasteiger partial charge on any atom is -0.322 e. The molecular formula is C22H17BrClFN2O3S. The first-order valence-electron chi connectivity index (χ1n) is 9.43. The van der Waals surface area contributed by atoms with E-state index >= 15 is 0 Å². The number of aryl methyl sites for hydroxylation is 1. The Labute approximate surface area is 193 Å². The molecular weight excluding hydrogens is 507 g/mol. The fourth-order valence-electron chi connectivity index (χ4n) is 3.49. The molecule has 0 bridgehead atoms. The van der Waals surface area contributed by atoms with E-state index in [4.69, 9.17) is 11.6 Å². The molecule has 0 fully saturated rings. The van der Waals surface area contributed by atoms with Crippen molar-refractivity contribution in [1.82, 2.24) is 0 Å². The van der Waals surface area contributed by atoms with Crippen LogP contribution >= 0.6 is 27.5 Å². The van der Waals surface area contributed by atoms with Crippen molar-refractivity contribution in [2.45, 2.75) is 17.7 Å². The Morgan fingerprint density at radius 2 is 1.81 bits per heavy atom. The van der Waals surface area contributed by atoms with E-state index < -0.39 is 15.8 Å². The number of halogens is 3. The Kier molecular flexibility index (Phi) is 6.05. The van der Waals surface area contributed by atoms with Crippen LogP contribution in [0.3, 0.4) is 0 Å². The van der Waals surface area contributed by atoms with Crippen molar-refractivity contribution in [3.63, 3.8) is 0 Å². The fourth-order valence-corrected chi connectivity index (χ4v) is 5.60. The van der Waals surface area contributed by atoms with Gasteiger partial charge in [0.2, 0.25) is 0 Å². The third kappa shape index (κ3) is 4.46. The Hall–Kier alpha value is -2.42. The van der Waals surface area contributed by atoms with Gasteiger partial charge >= 0.3 is 0 Å². The van der Waals surface area contributed by atoms with Gasteiger partial charge < -0.3 is 5.32 Å². The van der Waals surface area contributed by atoms with Crippen molar-refractivity contribution in [3.05, 3.63) is 87.1 Å². The third-order valence-corrected chi connectivity index (χ3v) is 7.64. The molecule has 0 spiro atoms. The summed E-state index contributed by atoms with van der Waals surface area (Å²) in [6.45, 7) is 0.325. The van der Waals surface area contributed by atoms with E-state index in [1.54, 1.807) is 36.4 Å². The maximum atomic E-state index is 13.2. The van der Waals surface area contributed by atoms with Gasteiger partial charge in [0.25, 0.3) is 15.9 Å². The van der Waals surface area contributed by atoms with Gasteiger partial charge in [-0.25, -0.2) is 12.8 Å². The van der Waals surface area contributed by atoms with Gasteiger partial charge in [0.15, 0.2) is 0 Å². The van der Waals surface area contributed by atoms with Crippen LogP contribution in [0.4, 0.5) is 15.8 Å². The molecule has 4 rings (SSSR count). The fraction of sp³-hybridized carbons (Fsp3) is 0.136. The average Bonchev–Trinajstić information content (AvgIpc) is 2.75. The second-order valence-electron chi connectivity index (χ2n) is 7.06. The summed E-state index contributed by atoms with van der Waals surface area (Å²) in [5, 5.41) is 3.14. The molecule has 0 saturated carbocycles. The third-order valence-electron chi connectivity index (χ3n) is 4.99. The van der Waals surface area contributed by atoms with Crippen LogP contribution in [0.25, 0.3) is 0 Å². The second kappa shape index (κ2) is 8.61. The summed E-state index contributed by atoms with van der Waals surface area (Å²) < 4.78 is 41.5. The van der Waals surface area contributed by atoms with Gasteiger partial charge in [0.05, 0.1) is 21.2 Å². The van der Waals surface area contributed by atoms with E-state index in [9.17, 15) is 17.6 Å². The van der Waals surface area contributed by atoms with Gasteiger partial charge in [-0.15, -0.1) is 0 Å². The number of nitrogens with one attached hydrogen (secondary N) is 1. The Bertz CT molecular complexity index is 1270. The van der Waals surface area contributed by atoms with E-state index in [1.165, 1.54) is 16.4 Å². The molecule has 3 aromatic rings. The van der Waals surface area contributed by atoms with Crippen LogP contribution < -0.4 is 9.62 Å². The number of carbonyl (C=O) groups is 1. The molecule has 0 saturated heterocycles. The SMILES string of the molecule is O=C(Nc1ccc2c(c1)CCCN2S(=O)(=O)c1ccc(F)cc1)c1cc(Br)ccc1Cl. The number of benzene rings is 3. The van der Waals surface area contributed by atoms with E-state index in [0.717, 1.165) is 22.2 Å². The number of anilines is 2. The highest BCUT2D eigenvalue weighted by Gasteiger charge is 2.29. The largest absolute Gasteiger partial charge is 0.322 e. The second-order valence-corrected chi connectivity index (χ2v) is 10.2. The van der Waals surface area contributed by atoms with Gasteiger partial charge in [-0.2, -0.15) is 0 Å². The Morgan fingerprint density at radius 1 is 1.06 bits per heavy atom. The van der Waals surface area contributed by atoms with Crippen molar-refractivity contribution in [2.75, 3.05) is 16.2 Å². The minimum atomic E-state index is -3.82. The molecule has 5 nitrogen and oxygen atoms in total. The molecule has 0 radical (unpaired) electrons. The zero-order chi connectivity index (χ0) is 22.2. The lowest BCUT2D eigenvalue weighted by atomic mass is 10.0. The van der Waals surface area contributed by atoms with Crippen LogP contribution in [0.1, 0.15) is 22.3 Å². The van der Waals surface area contributed by atoms with E-state index in [2.05, 4.69) is 21.2 Å². The number of hydrogen-bond acceptors (Lipinski definition) is 3. The first-order valence-corrected chi connectivity index (χ1v) is 12.0. The van der Waals surface area contributed by atoms with Gasteiger partial charge in [0, 0.05) is 16.7 Å². The van der Waals surface area contributed by atoms with Crippen LogP contribution in [0, 0.1) is 5.82 Å². The van der Waals surface area contributed by atoms with E-state index in [1.807, 2.05) is 0 Å². The van der Waals surface area contributed by atoms with Crippen molar-refractivity contribution in [2.24, 2.45) is 0 Å². The van der Waals surface area contributed by atoms with Crippen LogP contribution in [0.5, 0.6) is 0 Å². The van der Waals surface area contributed by atoms with Crippen LogP contribution in [-0.2, 0) is 16.4 Å². The summed E-state index contributed by atoms with van der Waals surface area (Å²) in [6, 6.07) is 14.9. The average molecular weight is 524 g/mol. The highest BCUT2D eigenvalue weighted by Crippen LogP contribution is 2.34. The molecule has 1 heterocycles. The zero-order valence-electron chi connectivity index (χ0n) is 16.1. The van der Waals surface area contributed by atoms with Crippen molar-refractivity contribution >= 4 is 54.8 Å². The van der Waals surface area contributed by atoms with E-state index in [0.29, 0.717) is 41.3 Å². The predicted octanol–water partition coefficient (Wildman–Crippen LogP) is 5.64. The number of hydrogen-bond donors (Lipinski definition) is 1. The maximum Gasteiger partial charge on any atom is 0.264 e. The Morgan fingerprint density at radius 3 is 2.55 bits per heavy atom. The van der Waals surface area contributed by atoms with Crippen molar-refractivity contribution < 1.29 is 17.6 Å². The van der Waals surface area contributed by atoms with Crippen LogP contribution in [0.15, 0.2) is 70.0 Å². The smallest absolute Gasteiger partial charge is 0.264 e. The standard InChI is InChI=1S/C22H17BrClFN2O3S/c23-15-3-9-20(24)19(13-15)22(28)26-17-6-10-21-14(12-17)2-1-11-27(21)31(29,30)18-7-4-16(25)5-8-18/h3-10,12-13H,1-2,11H2,(H,26,28). The lowest BCUT2D eigenvalue weighted by Crippen LogP contribution is -2.35. The topological polar surface area (TPSA) is 66.5 Å². The number of nitrogens with zero attached hydrogens (tertiary/aromatic N) is 1. The molecule has 9 heteroatoms. The molecule has 0 unspecified atom stereocenters. The first kappa shape index (κ1) is 21.8. The molecule has 0 atom stereocenters. The molecule has 3 aromatic carbocycles. The molecule has 160 valence electrons.